The molecule has 2 fully saturated rings. The van der Waals surface area contributed by atoms with Crippen LogP contribution in [-0.2, 0) is 9.53 Å². The Labute approximate surface area is 96.6 Å². The van der Waals surface area contributed by atoms with Crippen LogP contribution in [0.25, 0.3) is 0 Å². The van der Waals surface area contributed by atoms with Gasteiger partial charge in [0.15, 0.2) is 0 Å². The molecule has 4 nitrogen and oxygen atoms in total. The number of nitrogens with zero attached hydrogens (tertiary/aromatic N) is 1. The van der Waals surface area contributed by atoms with E-state index in [0.717, 1.165) is 45.2 Å². The number of carboxylic acids is 1. The highest BCUT2D eigenvalue weighted by atomic mass is 16.5. The number of hydrogen-bond acceptors (Lipinski definition) is 3. The average molecular weight is 227 g/mol. The van der Waals surface area contributed by atoms with E-state index in [2.05, 4.69) is 4.90 Å². The van der Waals surface area contributed by atoms with Crippen molar-refractivity contribution < 1.29 is 14.6 Å². The smallest absolute Gasteiger partial charge is 0.324 e. The molecule has 0 radical (unpaired) electrons. The number of likely N-dealkylation sites (tertiary alicyclic amines) is 1. The number of carbonyl (C=O) groups is 1. The van der Waals surface area contributed by atoms with Crippen molar-refractivity contribution in [3.63, 3.8) is 0 Å². The fourth-order valence-corrected chi connectivity index (χ4v) is 3.17. The Bertz CT molecular complexity index is 263. The zero-order valence-corrected chi connectivity index (χ0v) is 9.95. The minimum absolute atomic E-state index is 0.116. The van der Waals surface area contributed by atoms with Gasteiger partial charge >= 0.3 is 5.97 Å². The van der Waals surface area contributed by atoms with Crippen LogP contribution in [-0.4, -0.2) is 47.8 Å². The highest BCUT2D eigenvalue weighted by Gasteiger charge is 2.48. The Balaban J connectivity index is 2.16. The van der Waals surface area contributed by atoms with Gasteiger partial charge in [-0.1, -0.05) is 0 Å². The van der Waals surface area contributed by atoms with E-state index in [-0.39, 0.29) is 6.10 Å². The lowest BCUT2D eigenvalue weighted by Crippen LogP contribution is -2.57. The van der Waals surface area contributed by atoms with E-state index in [1.807, 2.05) is 0 Å². The molecule has 0 aromatic rings. The second-order valence-corrected chi connectivity index (χ2v) is 4.98. The summed E-state index contributed by atoms with van der Waals surface area (Å²) in [4.78, 5) is 13.8. The minimum atomic E-state index is -0.656. The number of methoxy groups -OCH3 is 1. The Kier molecular flexibility index (Phi) is 3.50. The monoisotopic (exact) mass is 227 g/mol. The lowest BCUT2D eigenvalue weighted by atomic mass is 9.79. The maximum atomic E-state index is 11.6. The number of aliphatic carboxylic acids is 1. The Morgan fingerprint density at radius 3 is 2.62 bits per heavy atom. The third-order valence-corrected chi connectivity index (χ3v) is 4.12. The molecule has 4 heteroatoms. The lowest BCUT2D eigenvalue weighted by Gasteiger charge is -2.43. The maximum absolute atomic E-state index is 11.6. The molecule has 0 aromatic carbocycles. The van der Waals surface area contributed by atoms with E-state index >= 15 is 0 Å². The van der Waals surface area contributed by atoms with Crippen LogP contribution < -0.4 is 0 Å². The summed E-state index contributed by atoms with van der Waals surface area (Å²) in [5, 5.41) is 9.57. The molecule has 1 saturated carbocycles. The van der Waals surface area contributed by atoms with Gasteiger partial charge in [0.2, 0.25) is 0 Å². The normalized spacial score (nSPS) is 36.4. The summed E-state index contributed by atoms with van der Waals surface area (Å²) in [6.45, 7) is 1.87. The zero-order chi connectivity index (χ0) is 11.6. The van der Waals surface area contributed by atoms with Gasteiger partial charge in [-0.3, -0.25) is 9.69 Å². The quantitative estimate of drug-likeness (QED) is 0.793. The molecule has 2 atom stereocenters. The van der Waals surface area contributed by atoms with Gasteiger partial charge in [-0.15, -0.1) is 0 Å². The molecule has 1 aliphatic carbocycles. The molecule has 92 valence electrons. The van der Waals surface area contributed by atoms with E-state index in [9.17, 15) is 9.90 Å². The van der Waals surface area contributed by atoms with Crippen molar-refractivity contribution in [1.82, 2.24) is 4.90 Å². The Morgan fingerprint density at radius 1 is 1.38 bits per heavy atom. The summed E-state index contributed by atoms with van der Waals surface area (Å²) < 4.78 is 5.37. The van der Waals surface area contributed by atoms with Crippen LogP contribution in [0.4, 0.5) is 0 Å². The van der Waals surface area contributed by atoms with Crippen LogP contribution in [0.5, 0.6) is 0 Å². The highest BCUT2D eigenvalue weighted by molar-refractivity contribution is 5.79. The molecule has 0 bridgehead atoms. The number of hydrogen-bond donors (Lipinski definition) is 1. The molecule has 2 unspecified atom stereocenters. The minimum Gasteiger partial charge on any atom is -0.480 e. The molecular weight excluding hydrogens is 206 g/mol. The summed E-state index contributed by atoms with van der Waals surface area (Å²) in [5.41, 5.74) is -0.643. The summed E-state index contributed by atoms with van der Waals surface area (Å²) in [7, 11) is 1.69. The molecule has 0 spiro atoms. The van der Waals surface area contributed by atoms with Gasteiger partial charge in [0.1, 0.15) is 5.54 Å². The topological polar surface area (TPSA) is 49.8 Å². The van der Waals surface area contributed by atoms with Crippen LogP contribution in [0.1, 0.15) is 38.5 Å². The first-order valence-electron chi connectivity index (χ1n) is 6.20. The van der Waals surface area contributed by atoms with E-state index < -0.39 is 11.5 Å². The molecule has 1 N–H and O–H groups in total. The van der Waals surface area contributed by atoms with Crippen LogP contribution in [0.15, 0.2) is 0 Å². The first-order valence-corrected chi connectivity index (χ1v) is 6.20. The maximum Gasteiger partial charge on any atom is 0.324 e. The van der Waals surface area contributed by atoms with Crippen molar-refractivity contribution in [3.05, 3.63) is 0 Å². The van der Waals surface area contributed by atoms with E-state index in [1.165, 1.54) is 0 Å². The predicted molar refractivity (Wildman–Crippen MR) is 60.4 cm³/mol. The molecule has 1 saturated heterocycles. The SMILES string of the molecule is COC1CCCC(C(=O)O)(N2CCCC2)C1. The third-order valence-electron chi connectivity index (χ3n) is 4.12. The summed E-state index contributed by atoms with van der Waals surface area (Å²) in [6.07, 6.45) is 5.77. The van der Waals surface area contributed by atoms with Crippen LogP contribution >= 0.6 is 0 Å². The second-order valence-electron chi connectivity index (χ2n) is 4.98. The third kappa shape index (κ3) is 1.96. The number of rotatable bonds is 3. The second kappa shape index (κ2) is 4.72. The molecular formula is C12H21NO3. The highest BCUT2D eigenvalue weighted by Crippen LogP contribution is 2.37. The number of carboxylic acid groups (broad SMARTS) is 1. The van der Waals surface area contributed by atoms with Gasteiger partial charge in [-0.05, 0) is 45.2 Å². The fraction of sp³-hybridized carbons (Fsp3) is 0.917. The summed E-state index contributed by atoms with van der Waals surface area (Å²) in [6, 6.07) is 0. The molecule has 0 amide bonds. The molecule has 2 aliphatic rings. The van der Waals surface area contributed by atoms with Gasteiger partial charge in [-0.2, -0.15) is 0 Å². The van der Waals surface area contributed by atoms with Crippen LogP contribution in [0.2, 0.25) is 0 Å². The predicted octanol–water partition coefficient (Wildman–Crippen LogP) is 1.49. The molecule has 1 heterocycles. The van der Waals surface area contributed by atoms with Crippen molar-refractivity contribution in [1.29, 1.82) is 0 Å². The average Bonchev–Trinajstić information content (AvgIpc) is 2.82. The van der Waals surface area contributed by atoms with Gasteiger partial charge in [-0.25, -0.2) is 0 Å². The van der Waals surface area contributed by atoms with Gasteiger partial charge < -0.3 is 9.84 Å². The molecule has 2 rings (SSSR count). The Morgan fingerprint density at radius 2 is 2.06 bits per heavy atom. The molecule has 1 aliphatic heterocycles. The van der Waals surface area contributed by atoms with Crippen molar-refractivity contribution in [2.24, 2.45) is 0 Å². The number of ether oxygens (including phenoxy) is 1. The van der Waals surface area contributed by atoms with Gasteiger partial charge in [0.25, 0.3) is 0 Å². The summed E-state index contributed by atoms with van der Waals surface area (Å²) >= 11 is 0. The van der Waals surface area contributed by atoms with Crippen LogP contribution in [0, 0.1) is 0 Å². The summed E-state index contributed by atoms with van der Waals surface area (Å²) in [5.74, 6) is -0.656. The Hall–Kier alpha value is -0.610. The van der Waals surface area contributed by atoms with E-state index in [1.54, 1.807) is 7.11 Å². The zero-order valence-electron chi connectivity index (χ0n) is 9.95. The molecule has 16 heavy (non-hydrogen) atoms. The van der Waals surface area contributed by atoms with Crippen molar-refractivity contribution in [3.8, 4) is 0 Å². The lowest BCUT2D eigenvalue weighted by molar-refractivity contribution is -0.157. The van der Waals surface area contributed by atoms with E-state index in [4.69, 9.17) is 4.74 Å². The van der Waals surface area contributed by atoms with E-state index in [0.29, 0.717) is 6.42 Å². The fourth-order valence-electron chi connectivity index (χ4n) is 3.17. The van der Waals surface area contributed by atoms with Crippen molar-refractivity contribution >= 4 is 5.97 Å². The first kappa shape index (κ1) is 11.9. The molecule has 0 aromatic heterocycles. The largest absolute Gasteiger partial charge is 0.480 e. The standard InChI is InChI=1S/C12H21NO3/c1-16-10-5-4-6-12(9-10,11(14)15)13-7-2-3-8-13/h10H,2-9H2,1H3,(H,14,15). The van der Waals surface area contributed by atoms with Gasteiger partial charge in [0, 0.05) is 13.5 Å². The van der Waals surface area contributed by atoms with Gasteiger partial charge in [0.05, 0.1) is 6.10 Å². The van der Waals surface area contributed by atoms with Crippen molar-refractivity contribution in [2.75, 3.05) is 20.2 Å². The van der Waals surface area contributed by atoms with Crippen molar-refractivity contribution in [2.45, 2.75) is 50.2 Å². The van der Waals surface area contributed by atoms with Crippen LogP contribution in [0.3, 0.4) is 0 Å². The first-order chi connectivity index (χ1) is 7.69.